The van der Waals surface area contributed by atoms with Gasteiger partial charge in [0.05, 0.1) is 10.5 Å². The highest BCUT2D eigenvalue weighted by Gasteiger charge is 2.16. The van der Waals surface area contributed by atoms with Crippen molar-refractivity contribution in [2.24, 2.45) is 0 Å². The number of rotatable bonds is 2. The zero-order valence-electron chi connectivity index (χ0n) is 9.50. The number of hydrogen-bond donors (Lipinski definition) is 1. The molecule has 1 unspecified atom stereocenters. The van der Waals surface area contributed by atoms with Crippen molar-refractivity contribution >= 4 is 40.0 Å². The van der Waals surface area contributed by atoms with Gasteiger partial charge in [0.15, 0.2) is 0 Å². The van der Waals surface area contributed by atoms with Crippen LogP contribution in [-0.2, 0) is 4.79 Å². The molecule has 0 bridgehead atoms. The van der Waals surface area contributed by atoms with Gasteiger partial charge >= 0.3 is 0 Å². The average Bonchev–Trinajstić information content (AvgIpc) is 2.70. The highest BCUT2D eigenvalue weighted by molar-refractivity contribution is 6.38. The van der Waals surface area contributed by atoms with E-state index in [-0.39, 0.29) is 11.9 Å². The van der Waals surface area contributed by atoms with E-state index >= 15 is 0 Å². The first-order chi connectivity index (χ1) is 8.04. The number of fused-ring (bicyclic) bond motifs is 1. The number of benzene rings is 1. The van der Waals surface area contributed by atoms with Gasteiger partial charge in [0.1, 0.15) is 6.04 Å². The predicted molar refractivity (Wildman–Crippen MR) is 70.7 cm³/mol. The summed E-state index contributed by atoms with van der Waals surface area (Å²) in [5.74, 6) is -0.0569. The molecule has 5 heteroatoms. The van der Waals surface area contributed by atoms with Crippen LogP contribution in [-0.4, -0.2) is 17.5 Å². The van der Waals surface area contributed by atoms with Crippen molar-refractivity contribution in [3.63, 3.8) is 0 Å². The van der Waals surface area contributed by atoms with Crippen molar-refractivity contribution in [3.05, 3.63) is 34.4 Å². The molecule has 1 N–H and O–H groups in total. The molecule has 1 amide bonds. The molecule has 0 aliphatic heterocycles. The van der Waals surface area contributed by atoms with Gasteiger partial charge in [-0.15, -0.1) is 0 Å². The van der Waals surface area contributed by atoms with Crippen LogP contribution in [0.5, 0.6) is 0 Å². The molecule has 1 aromatic carbocycles. The van der Waals surface area contributed by atoms with Gasteiger partial charge in [0.2, 0.25) is 5.91 Å². The Balaban J connectivity index is 2.60. The van der Waals surface area contributed by atoms with E-state index in [4.69, 9.17) is 23.2 Å². The minimum atomic E-state index is -0.299. The van der Waals surface area contributed by atoms with E-state index in [1.54, 1.807) is 13.1 Å². The fourth-order valence-corrected chi connectivity index (χ4v) is 2.40. The highest BCUT2D eigenvalue weighted by atomic mass is 35.5. The maximum absolute atomic E-state index is 11.6. The quantitative estimate of drug-likeness (QED) is 0.893. The molecule has 90 valence electrons. The van der Waals surface area contributed by atoms with Gasteiger partial charge in [-0.2, -0.15) is 0 Å². The third-order valence-electron chi connectivity index (χ3n) is 2.80. The van der Waals surface area contributed by atoms with Crippen molar-refractivity contribution < 1.29 is 4.79 Å². The molecule has 0 aliphatic rings. The number of nitrogens with zero attached hydrogens (tertiary/aromatic N) is 1. The Morgan fingerprint density at radius 2 is 2.12 bits per heavy atom. The minimum absolute atomic E-state index is 0.0569. The Kier molecular flexibility index (Phi) is 3.31. The number of halogens is 2. The van der Waals surface area contributed by atoms with E-state index in [1.807, 2.05) is 29.8 Å². The van der Waals surface area contributed by atoms with E-state index in [0.717, 1.165) is 10.9 Å². The summed E-state index contributed by atoms with van der Waals surface area (Å²) in [6.45, 7) is 1.83. The van der Waals surface area contributed by atoms with Crippen molar-refractivity contribution in [3.8, 4) is 0 Å². The van der Waals surface area contributed by atoms with Crippen LogP contribution in [0.2, 0.25) is 10.0 Å². The molecule has 0 saturated carbocycles. The SMILES string of the molecule is CNC(=O)C(C)n1ccc2c(Cl)cc(Cl)cc21. The van der Waals surface area contributed by atoms with Crippen LogP contribution >= 0.6 is 23.2 Å². The molecule has 2 rings (SSSR count). The standard InChI is InChI=1S/C12H12Cl2N2O/c1-7(12(17)15-2)16-4-3-9-10(14)5-8(13)6-11(9)16/h3-7H,1-2H3,(H,15,17). The number of carbonyl (C=O) groups excluding carboxylic acids is 1. The Morgan fingerprint density at radius 3 is 2.76 bits per heavy atom. The maximum atomic E-state index is 11.6. The lowest BCUT2D eigenvalue weighted by molar-refractivity contribution is -0.123. The van der Waals surface area contributed by atoms with Crippen molar-refractivity contribution in [2.75, 3.05) is 7.05 Å². The van der Waals surface area contributed by atoms with Crippen LogP contribution in [0.25, 0.3) is 10.9 Å². The molecule has 17 heavy (non-hydrogen) atoms. The van der Waals surface area contributed by atoms with Crippen molar-refractivity contribution in [2.45, 2.75) is 13.0 Å². The molecule has 0 saturated heterocycles. The first-order valence-corrected chi connectivity index (χ1v) is 5.97. The number of hydrogen-bond acceptors (Lipinski definition) is 1. The summed E-state index contributed by atoms with van der Waals surface area (Å²) in [4.78, 5) is 11.6. The van der Waals surface area contributed by atoms with E-state index < -0.39 is 0 Å². The first kappa shape index (κ1) is 12.3. The van der Waals surface area contributed by atoms with Crippen LogP contribution in [0, 0.1) is 0 Å². The second-order valence-electron chi connectivity index (χ2n) is 3.83. The lowest BCUT2D eigenvalue weighted by atomic mass is 10.2. The lowest BCUT2D eigenvalue weighted by Gasteiger charge is -2.13. The van der Waals surface area contributed by atoms with Gasteiger partial charge in [-0.3, -0.25) is 4.79 Å². The molecule has 1 aromatic heterocycles. The third-order valence-corrected chi connectivity index (χ3v) is 3.33. The Labute approximate surface area is 109 Å². The highest BCUT2D eigenvalue weighted by Crippen LogP contribution is 2.30. The van der Waals surface area contributed by atoms with Gasteiger partial charge < -0.3 is 9.88 Å². The fourth-order valence-electron chi connectivity index (χ4n) is 1.86. The Hall–Kier alpha value is -1.19. The van der Waals surface area contributed by atoms with Crippen LogP contribution in [0.4, 0.5) is 0 Å². The van der Waals surface area contributed by atoms with Gasteiger partial charge in [-0.05, 0) is 25.1 Å². The fraction of sp³-hybridized carbons (Fsp3) is 0.250. The monoisotopic (exact) mass is 270 g/mol. The summed E-state index contributed by atoms with van der Waals surface area (Å²) in [5.41, 5.74) is 0.860. The topological polar surface area (TPSA) is 34.0 Å². The van der Waals surface area contributed by atoms with E-state index in [1.165, 1.54) is 0 Å². The molecule has 2 aromatic rings. The largest absolute Gasteiger partial charge is 0.357 e. The Morgan fingerprint density at radius 1 is 1.41 bits per heavy atom. The second-order valence-corrected chi connectivity index (χ2v) is 4.68. The van der Waals surface area contributed by atoms with Crippen LogP contribution in [0.3, 0.4) is 0 Å². The third kappa shape index (κ3) is 2.13. The molecule has 1 heterocycles. The number of carbonyl (C=O) groups is 1. The molecule has 0 radical (unpaired) electrons. The van der Waals surface area contributed by atoms with Crippen molar-refractivity contribution in [1.29, 1.82) is 0 Å². The summed E-state index contributed by atoms with van der Waals surface area (Å²) < 4.78 is 1.85. The van der Waals surface area contributed by atoms with E-state index in [9.17, 15) is 4.79 Å². The second kappa shape index (κ2) is 4.59. The number of aromatic nitrogens is 1. The normalized spacial score (nSPS) is 12.7. The summed E-state index contributed by atoms with van der Waals surface area (Å²) in [6.07, 6.45) is 1.84. The van der Waals surface area contributed by atoms with E-state index in [0.29, 0.717) is 10.0 Å². The summed E-state index contributed by atoms with van der Waals surface area (Å²) in [5, 5.41) is 4.67. The van der Waals surface area contributed by atoms with Gasteiger partial charge in [-0.25, -0.2) is 0 Å². The predicted octanol–water partition coefficient (Wildman–Crippen LogP) is 3.26. The average molecular weight is 271 g/mol. The molecule has 0 spiro atoms. The number of likely N-dealkylation sites (N-methyl/N-ethyl adjacent to an activating group) is 1. The van der Waals surface area contributed by atoms with Gasteiger partial charge in [-0.1, -0.05) is 23.2 Å². The zero-order valence-corrected chi connectivity index (χ0v) is 11.0. The van der Waals surface area contributed by atoms with Gasteiger partial charge in [0.25, 0.3) is 0 Å². The minimum Gasteiger partial charge on any atom is -0.357 e. The summed E-state index contributed by atoms with van der Waals surface area (Å²) in [7, 11) is 1.62. The maximum Gasteiger partial charge on any atom is 0.242 e. The van der Waals surface area contributed by atoms with Crippen molar-refractivity contribution in [1.82, 2.24) is 9.88 Å². The van der Waals surface area contributed by atoms with E-state index in [2.05, 4.69) is 5.32 Å². The lowest BCUT2D eigenvalue weighted by Crippen LogP contribution is -2.27. The molecule has 1 atom stereocenters. The Bertz CT molecular complexity index is 577. The summed E-state index contributed by atoms with van der Waals surface area (Å²) >= 11 is 12.1. The first-order valence-electron chi connectivity index (χ1n) is 5.21. The molecule has 0 fully saturated rings. The molecule has 3 nitrogen and oxygen atoms in total. The molecular weight excluding hydrogens is 259 g/mol. The van der Waals surface area contributed by atoms with Gasteiger partial charge in [0, 0.05) is 23.7 Å². The van der Waals surface area contributed by atoms with Crippen LogP contribution in [0.1, 0.15) is 13.0 Å². The van der Waals surface area contributed by atoms with Crippen LogP contribution < -0.4 is 5.32 Å². The number of nitrogens with one attached hydrogen (secondary N) is 1. The molecule has 0 aliphatic carbocycles. The van der Waals surface area contributed by atoms with Crippen LogP contribution in [0.15, 0.2) is 24.4 Å². The summed E-state index contributed by atoms with van der Waals surface area (Å²) in [6, 6.07) is 5.09. The molecular formula is C12H12Cl2N2O. The smallest absolute Gasteiger partial charge is 0.242 e. The zero-order chi connectivity index (χ0) is 12.6. The number of amides is 1.